The fourth-order valence-electron chi connectivity index (χ4n) is 4.00. The predicted octanol–water partition coefficient (Wildman–Crippen LogP) is 6.71. The van der Waals surface area contributed by atoms with E-state index in [2.05, 4.69) is 36.5 Å². The van der Waals surface area contributed by atoms with Gasteiger partial charge in [0.25, 0.3) is 0 Å². The molecule has 35 heavy (non-hydrogen) atoms. The number of unbranched alkanes of at least 4 members (excludes halogenated alkanes) is 1. The van der Waals surface area contributed by atoms with Crippen molar-refractivity contribution in [2.75, 3.05) is 5.75 Å². The Morgan fingerprint density at radius 3 is 2.51 bits per heavy atom. The van der Waals surface area contributed by atoms with E-state index < -0.39 is 11.6 Å². The molecule has 0 bridgehead atoms. The minimum atomic E-state index is -0.655. The zero-order chi connectivity index (χ0) is 25.4. The normalized spacial score (nSPS) is 13.4. The van der Waals surface area contributed by atoms with Crippen LogP contribution in [-0.4, -0.2) is 29.3 Å². The summed E-state index contributed by atoms with van der Waals surface area (Å²) in [7, 11) is 0. The highest BCUT2D eigenvalue weighted by molar-refractivity contribution is 7.99. The zero-order valence-corrected chi connectivity index (χ0v) is 22.2. The summed E-state index contributed by atoms with van der Waals surface area (Å²) in [5, 5.41) is 5.33. The number of benzene rings is 2. The van der Waals surface area contributed by atoms with Crippen LogP contribution in [0.3, 0.4) is 0 Å². The molecular weight excluding hydrogens is 458 g/mol. The highest BCUT2D eigenvalue weighted by Gasteiger charge is 2.29. The summed E-state index contributed by atoms with van der Waals surface area (Å²) in [6.45, 7) is 9.52. The van der Waals surface area contributed by atoms with Crippen molar-refractivity contribution in [3.05, 3.63) is 66.1 Å². The molecule has 0 fully saturated rings. The molecule has 0 aliphatic rings. The number of ether oxygens (including phenoxy) is 1. The molecule has 5 nitrogen and oxygen atoms in total. The maximum absolute atomic E-state index is 13.6. The van der Waals surface area contributed by atoms with Crippen molar-refractivity contribution >= 4 is 34.4 Å². The van der Waals surface area contributed by atoms with Gasteiger partial charge >= 0.3 is 5.97 Å². The van der Waals surface area contributed by atoms with Gasteiger partial charge in [0.15, 0.2) is 0 Å². The minimum absolute atomic E-state index is 0.126. The Balaban J connectivity index is 1.83. The Kier molecular flexibility index (Phi) is 9.44. The predicted molar refractivity (Wildman–Crippen MR) is 143 cm³/mol. The first-order chi connectivity index (χ1) is 16.7. The van der Waals surface area contributed by atoms with Gasteiger partial charge < -0.3 is 14.5 Å². The SMILES string of the molecule is CCCC[C@H](NC(=O)C(CSc1ccoc1C)Cc1cccc2ccccc12)C(=O)OC(C)(C)C. The highest BCUT2D eigenvalue weighted by Crippen LogP contribution is 2.28. The minimum Gasteiger partial charge on any atom is -0.468 e. The average Bonchev–Trinajstić information content (AvgIpc) is 3.22. The van der Waals surface area contributed by atoms with Gasteiger partial charge in [-0.3, -0.25) is 4.79 Å². The van der Waals surface area contributed by atoms with Crippen LogP contribution in [-0.2, 0) is 20.7 Å². The van der Waals surface area contributed by atoms with Gasteiger partial charge in [-0.15, -0.1) is 11.8 Å². The van der Waals surface area contributed by atoms with Crippen molar-refractivity contribution in [1.29, 1.82) is 0 Å². The van der Waals surface area contributed by atoms with Crippen molar-refractivity contribution in [3.8, 4) is 0 Å². The van der Waals surface area contributed by atoms with E-state index in [4.69, 9.17) is 9.15 Å². The zero-order valence-electron chi connectivity index (χ0n) is 21.4. The molecule has 0 saturated heterocycles. The second kappa shape index (κ2) is 12.3. The Morgan fingerprint density at radius 2 is 1.83 bits per heavy atom. The van der Waals surface area contributed by atoms with Gasteiger partial charge in [0.1, 0.15) is 17.4 Å². The highest BCUT2D eigenvalue weighted by atomic mass is 32.2. The summed E-state index contributed by atoms with van der Waals surface area (Å²) in [5.41, 5.74) is 0.513. The molecule has 0 aliphatic heterocycles. The van der Waals surface area contributed by atoms with Crippen molar-refractivity contribution in [2.45, 2.75) is 76.8 Å². The van der Waals surface area contributed by atoms with E-state index in [0.717, 1.165) is 39.8 Å². The van der Waals surface area contributed by atoms with E-state index in [9.17, 15) is 9.59 Å². The van der Waals surface area contributed by atoms with Crippen LogP contribution >= 0.6 is 11.8 Å². The first kappa shape index (κ1) is 26.9. The molecular formula is C29H37NO4S. The third-order valence-corrected chi connectivity index (χ3v) is 7.13. The lowest BCUT2D eigenvalue weighted by Crippen LogP contribution is -2.47. The standard InChI is InChI=1S/C29H37NO4S/c1-6-7-15-25(28(32)34-29(3,4)5)30-27(31)23(19-35-26-16-17-33-20(26)2)18-22-13-10-12-21-11-8-9-14-24(21)22/h8-14,16-17,23,25H,6-7,15,18-19H2,1-5H3,(H,30,31)/t23?,25-/m0/s1. The Hall–Kier alpha value is -2.73. The maximum atomic E-state index is 13.6. The van der Waals surface area contributed by atoms with Crippen LogP contribution in [0, 0.1) is 12.8 Å². The van der Waals surface area contributed by atoms with E-state index >= 15 is 0 Å². The Labute approximate surface area is 213 Å². The third kappa shape index (κ3) is 7.89. The van der Waals surface area contributed by atoms with Crippen LogP contribution in [0.2, 0.25) is 0 Å². The molecule has 6 heteroatoms. The smallest absolute Gasteiger partial charge is 0.329 e. The number of thioether (sulfide) groups is 1. The van der Waals surface area contributed by atoms with Gasteiger partial charge in [-0.25, -0.2) is 4.79 Å². The molecule has 1 unspecified atom stereocenters. The number of aryl methyl sites for hydroxylation is 1. The quantitative estimate of drug-likeness (QED) is 0.236. The Bertz CT molecular complexity index is 1130. The molecule has 2 aromatic carbocycles. The van der Waals surface area contributed by atoms with Crippen LogP contribution in [0.4, 0.5) is 0 Å². The average molecular weight is 496 g/mol. The van der Waals surface area contributed by atoms with Gasteiger partial charge in [-0.1, -0.05) is 62.2 Å². The molecule has 0 radical (unpaired) electrons. The summed E-state index contributed by atoms with van der Waals surface area (Å²) < 4.78 is 11.1. The van der Waals surface area contributed by atoms with Gasteiger partial charge in [0, 0.05) is 10.6 Å². The van der Waals surface area contributed by atoms with Gasteiger partial charge in [0.05, 0.1) is 12.2 Å². The van der Waals surface area contributed by atoms with Crippen LogP contribution < -0.4 is 5.32 Å². The first-order valence-corrected chi connectivity index (χ1v) is 13.3. The number of hydrogen-bond acceptors (Lipinski definition) is 5. The number of carbonyl (C=O) groups is 2. The number of hydrogen-bond donors (Lipinski definition) is 1. The molecule has 0 aliphatic carbocycles. The topological polar surface area (TPSA) is 68.5 Å². The summed E-state index contributed by atoms with van der Waals surface area (Å²) in [5.74, 6) is 0.588. The lowest BCUT2D eigenvalue weighted by molar-refractivity contribution is -0.159. The molecule has 1 N–H and O–H groups in total. The number of nitrogens with one attached hydrogen (secondary N) is 1. The number of furan rings is 1. The van der Waals surface area contributed by atoms with E-state index in [-0.39, 0.29) is 17.8 Å². The van der Waals surface area contributed by atoms with Crippen molar-refractivity contribution in [3.63, 3.8) is 0 Å². The van der Waals surface area contributed by atoms with Crippen molar-refractivity contribution < 1.29 is 18.7 Å². The van der Waals surface area contributed by atoms with Gasteiger partial charge in [0.2, 0.25) is 5.91 Å². The van der Waals surface area contributed by atoms with Crippen LogP contribution in [0.15, 0.2) is 64.1 Å². The second-order valence-corrected chi connectivity index (χ2v) is 11.0. The molecule has 2 atom stereocenters. The molecule has 3 aromatic rings. The monoisotopic (exact) mass is 495 g/mol. The largest absolute Gasteiger partial charge is 0.468 e. The Morgan fingerprint density at radius 1 is 1.09 bits per heavy atom. The van der Waals surface area contributed by atoms with Crippen LogP contribution in [0.1, 0.15) is 58.3 Å². The number of rotatable bonds is 11. The molecule has 1 amide bonds. The van der Waals surface area contributed by atoms with Gasteiger partial charge in [-0.2, -0.15) is 0 Å². The van der Waals surface area contributed by atoms with Gasteiger partial charge in [-0.05, 0) is 62.9 Å². The van der Waals surface area contributed by atoms with E-state index in [1.54, 1.807) is 18.0 Å². The van der Waals surface area contributed by atoms with Crippen molar-refractivity contribution in [2.24, 2.45) is 5.92 Å². The van der Waals surface area contributed by atoms with Crippen LogP contribution in [0.5, 0.6) is 0 Å². The maximum Gasteiger partial charge on any atom is 0.329 e. The van der Waals surface area contributed by atoms with Crippen molar-refractivity contribution in [1.82, 2.24) is 5.32 Å². The summed E-state index contributed by atoms with van der Waals surface area (Å²) in [6, 6.07) is 15.7. The summed E-state index contributed by atoms with van der Waals surface area (Å²) >= 11 is 1.61. The van der Waals surface area contributed by atoms with Crippen LogP contribution in [0.25, 0.3) is 10.8 Å². The number of esters is 1. The van der Waals surface area contributed by atoms with E-state index in [0.29, 0.717) is 18.6 Å². The number of carbonyl (C=O) groups excluding carboxylic acids is 2. The first-order valence-electron chi connectivity index (χ1n) is 12.3. The molecule has 188 valence electrons. The van der Waals surface area contributed by atoms with E-state index in [1.165, 1.54) is 0 Å². The lowest BCUT2D eigenvalue weighted by atomic mass is 9.95. The molecule has 0 spiro atoms. The lowest BCUT2D eigenvalue weighted by Gasteiger charge is -2.26. The molecule has 3 rings (SSSR count). The fourth-order valence-corrected chi connectivity index (χ4v) is 5.05. The molecule has 0 saturated carbocycles. The number of amides is 1. The second-order valence-electron chi connectivity index (χ2n) is 9.93. The fraction of sp³-hybridized carbons (Fsp3) is 0.448. The summed E-state index contributed by atoms with van der Waals surface area (Å²) in [6.07, 6.45) is 4.57. The summed E-state index contributed by atoms with van der Waals surface area (Å²) in [4.78, 5) is 27.5. The third-order valence-electron chi connectivity index (χ3n) is 5.82. The van der Waals surface area contributed by atoms with E-state index in [1.807, 2.05) is 52.0 Å². The molecule has 1 aromatic heterocycles. The number of fused-ring (bicyclic) bond motifs is 1. The molecule has 1 heterocycles.